The number of nitrogens with one attached hydrogen (secondary N) is 2. The van der Waals surface area contributed by atoms with E-state index >= 15 is 0 Å². The van der Waals surface area contributed by atoms with Crippen molar-refractivity contribution in [2.45, 2.75) is 6.92 Å². The van der Waals surface area contributed by atoms with E-state index in [-0.39, 0.29) is 0 Å². The zero-order chi connectivity index (χ0) is 13.9. The maximum absolute atomic E-state index is 6.23. The van der Waals surface area contributed by atoms with Gasteiger partial charge in [0.25, 0.3) is 0 Å². The third kappa shape index (κ3) is 2.50. The highest BCUT2D eigenvalue weighted by Gasteiger charge is 2.11. The van der Waals surface area contributed by atoms with Gasteiger partial charge in [0.15, 0.2) is 0 Å². The Labute approximate surface area is 124 Å². The molecule has 2 heterocycles. The quantitative estimate of drug-likeness (QED) is 0.770. The molecule has 0 aliphatic heterocycles. The lowest BCUT2D eigenvalue weighted by atomic mass is 10.2. The molecule has 102 valence electrons. The van der Waals surface area contributed by atoms with Crippen molar-refractivity contribution in [3.63, 3.8) is 0 Å². The Bertz CT molecular complexity index is 744. The van der Waals surface area contributed by atoms with Crippen molar-refractivity contribution in [3.8, 4) is 0 Å². The normalized spacial score (nSPS) is 10.7. The maximum atomic E-state index is 6.23. The van der Waals surface area contributed by atoms with Crippen LogP contribution in [0.3, 0.4) is 0 Å². The van der Waals surface area contributed by atoms with Crippen molar-refractivity contribution in [3.05, 3.63) is 29.5 Å². The molecule has 2 N–H and O–H groups in total. The topological polar surface area (TPSA) is 75.6 Å². The lowest BCUT2D eigenvalue weighted by Crippen LogP contribution is -2.02. The summed E-state index contributed by atoms with van der Waals surface area (Å²) in [6, 6.07) is 5.45. The third-order valence-electron chi connectivity index (χ3n) is 2.66. The predicted molar refractivity (Wildman–Crippen MR) is 81.9 cm³/mol. The molecule has 3 aromatic rings. The van der Waals surface area contributed by atoms with Crippen molar-refractivity contribution >= 4 is 51.7 Å². The van der Waals surface area contributed by atoms with Crippen molar-refractivity contribution in [2.75, 3.05) is 17.2 Å². The van der Waals surface area contributed by atoms with E-state index in [0.29, 0.717) is 16.5 Å². The molecule has 0 aliphatic carbocycles. The maximum Gasteiger partial charge on any atom is 0.135 e. The van der Waals surface area contributed by atoms with Gasteiger partial charge < -0.3 is 10.6 Å². The zero-order valence-electron chi connectivity index (χ0n) is 10.6. The number of hydrogen-bond donors (Lipinski definition) is 2. The van der Waals surface area contributed by atoms with Crippen LogP contribution in [0.2, 0.25) is 5.02 Å². The number of fused-ring (bicyclic) bond motifs is 1. The van der Waals surface area contributed by atoms with Gasteiger partial charge in [-0.05, 0) is 19.1 Å². The van der Waals surface area contributed by atoms with Crippen LogP contribution in [0.4, 0.5) is 17.3 Å². The Kier molecular flexibility index (Phi) is 3.62. The van der Waals surface area contributed by atoms with Crippen LogP contribution in [-0.2, 0) is 0 Å². The molecular formula is C12H11ClN6S. The highest BCUT2D eigenvalue weighted by Crippen LogP contribution is 2.32. The minimum Gasteiger partial charge on any atom is -0.370 e. The molecular weight excluding hydrogens is 296 g/mol. The third-order valence-corrected chi connectivity index (χ3v) is 3.51. The smallest absolute Gasteiger partial charge is 0.135 e. The fourth-order valence-electron chi connectivity index (χ4n) is 1.78. The van der Waals surface area contributed by atoms with Gasteiger partial charge in [0, 0.05) is 12.6 Å². The first-order valence-corrected chi connectivity index (χ1v) is 7.12. The summed E-state index contributed by atoms with van der Waals surface area (Å²) in [6.07, 6.45) is 1.49. The van der Waals surface area contributed by atoms with E-state index in [4.69, 9.17) is 11.6 Å². The number of nitrogens with zero attached hydrogens (tertiary/aromatic N) is 4. The Hall–Kier alpha value is -1.99. The SMILES string of the molecule is CCNc1cc(Nc2c(Cl)ccc3nsnc23)ncn1. The molecule has 0 amide bonds. The van der Waals surface area contributed by atoms with Crippen molar-refractivity contribution < 1.29 is 0 Å². The first-order valence-electron chi connectivity index (χ1n) is 6.01. The molecule has 2 aromatic heterocycles. The number of benzene rings is 1. The number of hydrogen-bond acceptors (Lipinski definition) is 7. The molecule has 0 saturated heterocycles. The van der Waals surface area contributed by atoms with Crippen LogP contribution in [0, 0.1) is 0 Å². The molecule has 6 nitrogen and oxygen atoms in total. The highest BCUT2D eigenvalue weighted by atomic mass is 35.5. The first kappa shape index (κ1) is 13.0. The highest BCUT2D eigenvalue weighted by molar-refractivity contribution is 7.00. The molecule has 0 aliphatic rings. The van der Waals surface area contributed by atoms with Gasteiger partial charge in [0.2, 0.25) is 0 Å². The van der Waals surface area contributed by atoms with Crippen LogP contribution in [0.25, 0.3) is 11.0 Å². The second-order valence-electron chi connectivity index (χ2n) is 4.00. The summed E-state index contributed by atoms with van der Waals surface area (Å²) in [6.45, 7) is 2.80. The average Bonchev–Trinajstić information content (AvgIpc) is 2.91. The van der Waals surface area contributed by atoms with Crippen molar-refractivity contribution in [2.24, 2.45) is 0 Å². The summed E-state index contributed by atoms with van der Waals surface area (Å²) in [5.41, 5.74) is 2.26. The molecule has 0 bridgehead atoms. The Balaban J connectivity index is 1.98. The predicted octanol–water partition coefficient (Wildman–Crippen LogP) is 3.31. The summed E-state index contributed by atoms with van der Waals surface area (Å²) in [7, 11) is 0. The Morgan fingerprint density at radius 1 is 1.20 bits per heavy atom. The molecule has 8 heteroatoms. The van der Waals surface area contributed by atoms with Crippen LogP contribution < -0.4 is 10.6 Å². The Morgan fingerprint density at radius 2 is 2.05 bits per heavy atom. The van der Waals surface area contributed by atoms with Crippen LogP contribution in [0.1, 0.15) is 6.92 Å². The molecule has 3 rings (SSSR count). The van der Waals surface area contributed by atoms with E-state index < -0.39 is 0 Å². The summed E-state index contributed by atoms with van der Waals surface area (Å²) < 4.78 is 8.45. The molecule has 0 spiro atoms. The molecule has 0 unspecified atom stereocenters. The van der Waals surface area contributed by atoms with E-state index in [9.17, 15) is 0 Å². The van der Waals surface area contributed by atoms with Gasteiger partial charge in [0.1, 0.15) is 29.0 Å². The molecule has 0 fully saturated rings. The van der Waals surface area contributed by atoms with Crippen molar-refractivity contribution in [1.82, 2.24) is 18.7 Å². The summed E-state index contributed by atoms with van der Waals surface area (Å²) >= 11 is 7.38. The van der Waals surface area contributed by atoms with Crippen LogP contribution >= 0.6 is 23.3 Å². The zero-order valence-corrected chi connectivity index (χ0v) is 12.2. The van der Waals surface area contributed by atoms with E-state index in [1.54, 1.807) is 6.07 Å². The number of rotatable bonds is 4. The summed E-state index contributed by atoms with van der Waals surface area (Å²) in [5.74, 6) is 1.41. The minimum absolute atomic E-state index is 0.578. The van der Waals surface area contributed by atoms with Gasteiger partial charge in [0.05, 0.1) is 22.4 Å². The monoisotopic (exact) mass is 306 g/mol. The van der Waals surface area contributed by atoms with Crippen LogP contribution in [0.15, 0.2) is 24.5 Å². The Morgan fingerprint density at radius 3 is 2.90 bits per heavy atom. The number of aromatic nitrogens is 4. The fourth-order valence-corrected chi connectivity index (χ4v) is 2.52. The van der Waals surface area contributed by atoms with Crippen molar-refractivity contribution in [1.29, 1.82) is 0 Å². The summed E-state index contributed by atoms with van der Waals surface area (Å²) in [4.78, 5) is 8.31. The van der Waals surface area contributed by atoms with E-state index in [0.717, 1.165) is 35.1 Å². The number of halogens is 1. The van der Waals surface area contributed by atoms with E-state index in [1.165, 1.54) is 6.33 Å². The molecule has 0 saturated carbocycles. The molecule has 0 radical (unpaired) electrons. The van der Waals surface area contributed by atoms with Gasteiger partial charge in [-0.1, -0.05) is 11.6 Å². The largest absolute Gasteiger partial charge is 0.370 e. The summed E-state index contributed by atoms with van der Waals surface area (Å²) in [5, 5.41) is 6.89. The lowest BCUT2D eigenvalue weighted by Gasteiger charge is -2.09. The van der Waals surface area contributed by atoms with Gasteiger partial charge in [-0.25, -0.2) is 9.97 Å². The van der Waals surface area contributed by atoms with Crippen LogP contribution in [0.5, 0.6) is 0 Å². The van der Waals surface area contributed by atoms with Gasteiger partial charge >= 0.3 is 0 Å². The first-order chi connectivity index (χ1) is 9.78. The van der Waals surface area contributed by atoms with E-state index in [2.05, 4.69) is 29.3 Å². The second-order valence-corrected chi connectivity index (χ2v) is 4.93. The molecule has 1 aromatic carbocycles. The van der Waals surface area contributed by atoms with Gasteiger partial charge in [-0.2, -0.15) is 8.75 Å². The van der Waals surface area contributed by atoms with Gasteiger partial charge in [-0.3, -0.25) is 0 Å². The van der Waals surface area contributed by atoms with Crippen LogP contribution in [-0.4, -0.2) is 25.3 Å². The standard InChI is InChI=1S/C12H11ClN6S/c1-2-14-9-5-10(16-6-15-9)17-11-7(13)3-4-8-12(11)19-20-18-8/h3-6H,2H2,1H3,(H2,14,15,16,17). The molecule has 20 heavy (non-hydrogen) atoms. The number of anilines is 3. The molecule has 0 atom stereocenters. The second kappa shape index (κ2) is 5.56. The van der Waals surface area contributed by atoms with Gasteiger partial charge in [-0.15, -0.1) is 0 Å². The minimum atomic E-state index is 0.578. The fraction of sp³-hybridized carbons (Fsp3) is 0.167. The average molecular weight is 307 g/mol. The lowest BCUT2D eigenvalue weighted by molar-refractivity contribution is 1.11. The van der Waals surface area contributed by atoms with E-state index in [1.807, 2.05) is 19.1 Å².